The van der Waals surface area contributed by atoms with Gasteiger partial charge in [0.2, 0.25) is 23.6 Å². The molecule has 15 heteroatoms. The van der Waals surface area contributed by atoms with Crippen molar-refractivity contribution < 1.29 is 38.2 Å². The number of likely N-dealkylation sites (tertiary alicyclic amines) is 1. The molecular weight excluding hydrogens is 833 g/mol. The third kappa shape index (κ3) is 13.6. The summed E-state index contributed by atoms with van der Waals surface area (Å²) in [6.45, 7) is 13.8. The van der Waals surface area contributed by atoms with Gasteiger partial charge >= 0.3 is 6.09 Å². The van der Waals surface area contributed by atoms with Gasteiger partial charge in [0.15, 0.2) is 0 Å². The van der Waals surface area contributed by atoms with Crippen LogP contribution in [0.2, 0.25) is 0 Å². The van der Waals surface area contributed by atoms with Crippen molar-refractivity contribution in [3.05, 3.63) is 88.4 Å². The molecule has 9 atom stereocenters. The molecule has 4 rings (SSSR count). The van der Waals surface area contributed by atoms with E-state index in [-0.39, 0.29) is 60.6 Å². The number of methoxy groups -OCH3 is 2. The second-order valence-electron chi connectivity index (χ2n) is 17.8. The molecule has 1 aromatic heterocycles. The maximum absolute atomic E-state index is 14.6. The Morgan fingerprint density at radius 2 is 1.48 bits per heavy atom. The fourth-order valence-corrected chi connectivity index (χ4v) is 9.59. The summed E-state index contributed by atoms with van der Waals surface area (Å²) >= 11 is 1.49. The first-order valence-electron chi connectivity index (χ1n) is 22.6. The predicted molar refractivity (Wildman–Crippen MR) is 249 cm³/mol. The quantitative estimate of drug-likeness (QED) is 0.103. The molecule has 1 saturated heterocycles. The molecule has 1 fully saturated rings. The van der Waals surface area contributed by atoms with Crippen molar-refractivity contribution in [3.63, 3.8) is 0 Å². The van der Waals surface area contributed by atoms with Crippen LogP contribution in [0.15, 0.2) is 72.2 Å². The smallest absolute Gasteiger partial charge is 0.410 e. The predicted octanol–water partition coefficient (Wildman–Crippen LogP) is 6.90. The van der Waals surface area contributed by atoms with Crippen molar-refractivity contribution in [2.75, 3.05) is 34.9 Å². The summed E-state index contributed by atoms with van der Waals surface area (Å²) in [4.78, 5) is 79.4. The Balaban J connectivity index is 1.47. The standard InChI is InChI=1S/C49H72N6O8S/c1-12-33(6)43(53(8)48(59)41(31(2)3)52-46(58)42(32(4)5)54(9)49(60)63-30-36-22-17-14-18-23-36)39(61-10)29-40(56)55-26-19-24-38(55)44(62-11)34(7)45(57)51-37(47-50-25-27-64-47)28-35-20-15-13-16-21-35/h13-18,20-23,25,27,31-34,37-39,41-44H,12,19,24,26,28-30H2,1-11H3,(H,51,57)(H,52,58)/t33-,34+,37-,38-,39+,41-,42?,43-,44+/m0/s1. The van der Waals surface area contributed by atoms with Crippen LogP contribution in [-0.2, 0) is 46.4 Å². The highest BCUT2D eigenvalue weighted by Gasteiger charge is 2.43. The van der Waals surface area contributed by atoms with Gasteiger partial charge in [-0.2, -0.15) is 0 Å². The molecule has 1 aliphatic rings. The van der Waals surface area contributed by atoms with E-state index in [1.54, 1.807) is 32.4 Å². The summed E-state index contributed by atoms with van der Waals surface area (Å²) in [5, 5.41) is 8.91. The lowest BCUT2D eigenvalue weighted by Gasteiger charge is -2.41. The third-order valence-electron chi connectivity index (χ3n) is 12.6. The molecule has 3 aromatic rings. The first-order chi connectivity index (χ1) is 30.5. The summed E-state index contributed by atoms with van der Waals surface area (Å²) in [6, 6.07) is 16.2. The molecule has 0 aliphatic carbocycles. The number of likely N-dealkylation sites (N-methyl/N-ethyl adjacent to an activating group) is 2. The average Bonchev–Trinajstić information content (AvgIpc) is 4.01. The SMILES string of the molecule is CC[C@H](C)[C@@H]([C@@H](CC(=O)N1CCC[C@H]1[C@H](OC)[C@@H](C)C(=O)N[C@@H](Cc1ccccc1)c1nccs1)OC)N(C)C(=O)[C@@H](NC(=O)C(C(C)C)N(C)C(=O)OCc1ccccc1)C(C)C. The highest BCUT2D eigenvalue weighted by atomic mass is 32.1. The summed E-state index contributed by atoms with van der Waals surface area (Å²) in [7, 11) is 6.35. The highest BCUT2D eigenvalue weighted by Crippen LogP contribution is 2.31. The molecule has 1 aliphatic heterocycles. The molecule has 2 aromatic carbocycles. The molecule has 0 bridgehead atoms. The molecule has 352 valence electrons. The van der Waals surface area contributed by atoms with E-state index in [4.69, 9.17) is 14.2 Å². The second-order valence-corrected chi connectivity index (χ2v) is 18.7. The van der Waals surface area contributed by atoms with Crippen LogP contribution in [0, 0.1) is 23.7 Å². The average molecular weight is 905 g/mol. The number of hydrogen-bond acceptors (Lipinski definition) is 10. The lowest BCUT2D eigenvalue weighted by molar-refractivity contribution is -0.148. The number of ether oxygens (including phenoxy) is 3. The molecule has 64 heavy (non-hydrogen) atoms. The fourth-order valence-electron chi connectivity index (χ4n) is 8.90. The van der Waals surface area contributed by atoms with Gasteiger partial charge in [0.05, 0.1) is 42.7 Å². The minimum atomic E-state index is -0.937. The molecule has 0 saturated carbocycles. The van der Waals surface area contributed by atoms with Crippen LogP contribution in [-0.4, -0.2) is 121 Å². The molecule has 2 heterocycles. The lowest BCUT2D eigenvalue weighted by atomic mass is 9.89. The molecular formula is C49H72N6O8S. The zero-order valence-electron chi connectivity index (χ0n) is 39.7. The first-order valence-corrected chi connectivity index (χ1v) is 23.5. The van der Waals surface area contributed by atoms with Gasteiger partial charge in [0, 0.05) is 46.4 Å². The second kappa shape index (κ2) is 25.0. The maximum Gasteiger partial charge on any atom is 0.410 e. The minimum Gasteiger partial charge on any atom is -0.445 e. The van der Waals surface area contributed by atoms with Gasteiger partial charge in [0.25, 0.3) is 0 Å². The van der Waals surface area contributed by atoms with E-state index in [9.17, 15) is 24.0 Å². The Labute approximate surface area is 384 Å². The molecule has 0 radical (unpaired) electrons. The zero-order valence-corrected chi connectivity index (χ0v) is 40.5. The number of hydrogen-bond donors (Lipinski definition) is 2. The topological polar surface area (TPSA) is 160 Å². The van der Waals surface area contributed by atoms with E-state index >= 15 is 0 Å². The Kier molecular flexibility index (Phi) is 20.2. The number of benzene rings is 2. The van der Waals surface area contributed by atoms with Crippen molar-refractivity contribution >= 4 is 41.1 Å². The Bertz CT molecular complexity index is 1920. The molecule has 0 spiro atoms. The van der Waals surface area contributed by atoms with Crippen LogP contribution in [0.25, 0.3) is 0 Å². The van der Waals surface area contributed by atoms with Crippen LogP contribution in [0.3, 0.4) is 0 Å². The van der Waals surface area contributed by atoms with E-state index in [0.29, 0.717) is 25.8 Å². The number of carbonyl (C=O) groups is 5. The fraction of sp³-hybridized carbons (Fsp3) is 0.592. The molecule has 14 nitrogen and oxygen atoms in total. The van der Waals surface area contributed by atoms with E-state index in [1.165, 1.54) is 23.3 Å². The molecule has 5 amide bonds. The van der Waals surface area contributed by atoms with Crippen LogP contribution in [0.1, 0.15) is 96.3 Å². The Morgan fingerprint density at radius 1 is 0.844 bits per heavy atom. The Morgan fingerprint density at radius 3 is 2.03 bits per heavy atom. The number of aromatic nitrogens is 1. The summed E-state index contributed by atoms with van der Waals surface area (Å²) < 4.78 is 17.7. The lowest BCUT2D eigenvalue weighted by Crippen LogP contribution is -2.60. The first kappa shape index (κ1) is 51.8. The summed E-state index contributed by atoms with van der Waals surface area (Å²) in [6.07, 6.45) is 2.50. The van der Waals surface area contributed by atoms with Crippen molar-refractivity contribution in [2.45, 2.75) is 130 Å². The summed E-state index contributed by atoms with van der Waals surface area (Å²) in [5.74, 6) is -2.43. The van der Waals surface area contributed by atoms with Crippen LogP contribution >= 0.6 is 11.3 Å². The van der Waals surface area contributed by atoms with Gasteiger partial charge in [-0.1, -0.05) is 116 Å². The number of carbonyl (C=O) groups excluding carboxylic acids is 5. The normalized spacial score (nSPS) is 17.7. The number of nitrogens with zero attached hydrogens (tertiary/aromatic N) is 4. The number of amides is 5. The molecule has 2 N–H and O–H groups in total. The monoisotopic (exact) mass is 905 g/mol. The third-order valence-corrected chi connectivity index (χ3v) is 13.5. The van der Waals surface area contributed by atoms with Crippen LogP contribution < -0.4 is 10.6 Å². The van der Waals surface area contributed by atoms with Gasteiger partial charge in [-0.15, -0.1) is 11.3 Å². The number of thiazole rings is 1. The van der Waals surface area contributed by atoms with Crippen LogP contribution in [0.4, 0.5) is 4.79 Å². The van der Waals surface area contributed by atoms with Gasteiger partial charge in [-0.05, 0) is 48.1 Å². The van der Waals surface area contributed by atoms with Gasteiger partial charge in [-0.3, -0.25) is 24.1 Å². The van der Waals surface area contributed by atoms with E-state index in [0.717, 1.165) is 22.6 Å². The molecule has 1 unspecified atom stereocenters. The van der Waals surface area contributed by atoms with Crippen molar-refractivity contribution in [1.29, 1.82) is 0 Å². The Hall–Kier alpha value is -4.86. The number of nitrogens with one attached hydrogen (secondary N) is 2. The van der Waals surface area contributed by atoms with Gasteiger partial charge < -0.3 is 34.6 Å². The largest absolute Gasteiger partial charge is 0.445 e. The van der Waals surface area contributed by atoms with E-state index in [1.807, 2.05) is 119 Å². The number of rotatable bonds is 23. The summed E-state index contributed by atoms with van der Waals surface area (Å²) in [5.41, 5.74) is 1.90. The van der Waals surface area contributed by atoms with E-state index in [2.05, 4.69) is 15.6 Å². The minimum absolute atomic E-state index is 0.0101. The van der Waals surface area contributed by atoms with E-state index < -0.39 is 48.3 Å². The van der Waals surface area contributed by atoms with Crippen molar-refractivity contribution in [1.82, 2.24) is 30.3 Å². The van der Waals surface area contributed by atoms with Gasteiger partial charge in [-0.25, -0.2) is 9.78 Å². The van der Waals surface area contributed by atoms with Gasteiger partial charge in [0.1, 0.15) is 23.7 Å². The maximum atomic E-state index is 14.6. The van der Waals surface area contributed by atoms with Crippen LogP contribution in [0.5, 0.6) is 0 Å². The van der Waals surface area contributed by atoms with Crippen molar-refractivity contribution in [2.24, 2.45) is 23.7 Å². The van der Waals surface area contributed by atoms with Crippen molar-refractivity contribution in [3.8, 4) is 0 Å². The zero-order chi connectivity index (χ0) is 47.1. The highest BCUT2D eigenvalue weighted by molar-refractivity contribution is 7.09.